The maximum Gasteiger partial charge on any atom is 0.300 e. The third-order valence-electron chi connectivity index (χ3n) is 1.63. The number of para-hydroxylation sites is 1. The number of hydrogen-bond acceptors (Lipinski definition) is 1. The molecule has 2 nitrogen and oxygen atoms in total. The first kappa shape index (κ1) is 13.2. The highest BCUT2D eigenvalue weighted by molar-refractivity contribution is 6.04. The summed E-state index contributed by atoms with van der Waals surface area (Å²) in [5.74, 6) is 4.70. The average molecular weight is 203 g/mol. The molecule has 0 bridgehead atoms. The van der Waals surface area contributed by atoms with Gasteiger partial charge in [-0.2, -0.15) is 0 Å². The SMILES string of the molecule is CC.CC#CC(=O)Nc1ccccc1C. The van der Waals surface area contributed by atoms with E-state index in [1.165, 1.54) is 0 Å². The minimum Gasteiger partial charge on any atom is -0.315 e. The van der Waals surface area contributed by atoms with Crippen LogP contribution < -0.4 is 5.32 Å². The van der Waals surface area contributed by atoms with Crippen molar-refractivity contribution in [2.45, 2.75) is 27.7 Å². The van der Waals surface area contributed by atoms with Crippen molar-refractivity contribution in [1.82, 2.24) is 0 Å². The number of rotatable bonds is 1. The molecule has 0 aliphatic rings. The van der Waals surface area contributed by atoms with Crippen molar-refractivity contribution in [2.75, 3.05) is 5.32 Å². The van der Waals surface area contributed by atoms with Gasteiger partial charge in [-0.1, -0.05) is 38.0 Å². The van der Waals surface area contributed by atoms with Gasteiger partial charge in [0.15, 0.2) is 0 Å². The maximum absolute atomic E-state index is 11.1. The Bertz CT molecular complexity index is 372. The van der Waals surface area contributed by atoms with E-state index in [1.807, 2.05) is 45.0 Å². The van der Waals surface area contributed by atoms with Crippen molar-refractivity contribution in [3.05, 3.63) is 29.8 Å². The van der Waals surface area contributed by atoms with Gasteiger partial charge in [0.1, 0.15) is 0 Å². The summed E-state index contributed by atoms with van der Waals surface area (Å²) in [6.45, 7) is 7.58. The van der Waals surface area contributed by atoms with Gasteiger partial charge >= 0.3 is 0 Å². The second-order valence-corrected chi connectivity index (χ2v) is 2.64. The number of aryl methyl sites for hydroxylation is 1. The van der Waals surface area contributed by atoms with Gasteiger partial charge in [-0.25, -0.2) is 0 Å². The molecule has 1 N–H and O–H groups in total. The van der Waals surface area contributed by atoms with Gasteiger partial charge in [0.05, 0.1) is 0 Å². The van der Waals surface area contributed by atoms with Crippen LogP contribution in [0.2, 0.25) is 0 Å². The van der Waals surface area contributed by atoms with Crippen LogP contribution in [0, 0.1) is 18.8 Å². The lowest BCUT2D eigenvalue weighted by molar-refractivity contribution is -0.111. The smallest absolute Gasteiger partial charge is 0.300 e. The van der Waals surface area contributed by atoms with Crippen molar-refractivity contribution in [1.29, 1.82) is 0 Å². The molecule has 80 valence electrons. The highest BCUT2D eigenvalue weighted by Crippen LogP contribution is 2.12. The summed E-state index contributed by atoms with van der Waals surface area (Å²) in [5, 5.41) is 2.70. The lowest BCUT2D eigenvalue weighted by Crippen LogP contribution is -2.09. The molecule has 1 aromatic rings. The third-order valence-corrected chi connectivity index (χ3v) is 1.63. The molecule has 0 aliphatic carbocycles. The van der Waals surface area contributed by atoms with E-state index in [-0.39, 0.29) is 5.91 Å². The van der Waals surface area contributed by atoms with Crippen LogP contribution in [0.5, 0.6) is 0 Å². The number of carbonyl (C=O) groups excluding carboxylic acids is 1. The number of carbonyl (C=O) groups is 1. The van der Waals surface area contributed by atoms with Crippen LogP contribution >= 0.6 is 0 Å². The zero-order valence-electron chi connectivity index (χ0n) is 9.72. The molecule has 0 saturated carbocycles. The van der Waals surface area contributed by atoms with Crippen LogP contribution in [-0.2, 0) is 4.79 Å². The number of hydrogen-bond donors (Lipinski definition) is 1. The van der Waals surface area contributed by atoms with Crippen molar-refractivity contribution in [2.24, 2.45) is 0 Å². The van der Waals surface area contributed by atoms with Gasteiger partial charge in [0.25, 0.3) is 5.91 Å². The largest absolute Gasteiger partial charge is 0.315 e. The highest BCUT2D eigenvalue weighted by atomic mass is 16.1. The third kappa shape index (κ3) is 4.87. The van der Waals surface area contributed by atoms with E-state index in [0.29, 0.717) is 0 Å². The second-order valence-electron chi connectivity index (χ2n) is 2.64. The molecule has 0 spiro atoms. The number of benzene rings is 1. The Morgan fingerprint density at radius 1 is 1.27 bits per heavy atom. The summed E-state index contributed by atoms with van der Waals surface area (Å²) in [5.41, 5.74) is 1.85. The van der Waals surface area contributed by atoms with Gasteiger partial charge < -0.3 is 5.32 Å². The topological polar surface area (TPSA) is 29.1 Å². The lowest BCUT2D eigenvalue weighted by Gasteiger charge is -2.03. The normalized spacial score (nSPS) is 7.73. The van der Waals surface area contributed by atoms with Crippen LogP contribution in [0.25, 0.3) is 0 Å². The van der Waals surface area contributed by atoms with Crippen molar-refractivity contribution < 1.29 is 4.79 Å². The monoisotopic (exact) mass is 203 g/mol. The van der Waals surface area contributed by atoms with Gasteiger partial charge in [-0.05, 0) is 31.4 Å². The fourth-order valence-electron chi connectivity index (χ4n) is 0.980. The maximum atomic E-state index is 11.1. The zero-order chi connectivity index (χ0) is 11.7. The van der Waals surface area contributed by atoms with Crippen LogP contribution in [0.15, 0.2) is 24.3 Å². The van der Waals surface area contributed by atoms with Crippen LogP contribution in [-0.4, -0.2) is 5.91 Å². The molecular weight excluding hydrogens is 186 g/mol. The molecule has 0 radical (unpaired) electrons. The number of amides is 1. The summed E-state index contributed by atoms with van der Waals surface area (Å²) in [6, 6.07) is 7.60. The van der Waals surface area contributed by atoms with Crippen LogP contribution in [0.1, 0.15) is 26.3 Å². The van der Waals surface area contributed by atoms with Gasteiger partial charge in [-0.15, -0.1) is 0 Å². The van der Waals surface area contributed by atoms with E-state index in [1.54, 1.807) is 6.92 Å². The summed E-state index contributed by atoms with van der Waals surface area (Å²) in [4.78, 5) is 11.1. The minimum atomic E-state index is -0.267. The molecule has 2 heteroatoms. The molecule has 1 rings (SSSR count). The zero-order valence-corrected chi connectivity index (χ0v) is 9.72. The predicted octanol–water partition coefficient (Wildman–Crippen LogP) is 2.98. The van der Waals surface area contributed by atoms with E-state index in [2.05, 4.69) is 17.2 Å². The average Bonchev–Trinajstić information content (AvgIpc) is 2.25. The van der Waals surface area contributed by atoms with Crippen molar-refractivity contribution in [3.63, 3.8) is 0 Å². The Labute approximate surface area is 91.7 Å². The Hall–Kier alpha value is -1.75. The first-order valence-corrected chi connectivity index (χ1v) is 5.03. The first-order chi connectivity index (χ1) is 7.24. The van der Waals surface area contributed by atoms with E-state index >= 15 is 0 Å². The Balaban J connectivity index is 0.000000921. The molecule has 0 aromatic heterocycles. The Kier molecular flexibility index (Phi) is 6.74. The molecular formula is C13H17NO. The molecule has 15 heavy (non-hydrogen) atoms. The summed E-state index contributed by atoms with van der Waals surface area (Å²) >= 11 is 0. The first-order valence-electron chi connectivity index (χ1n) is 5.03. The van der Waals surface area contributed by atoms with Gasteiger partial charge in [0.2, 0.25) is 0 Å². The summed E-state index contributed by atoms with van der Waals surface area (Å²) in [7, 11) is 0. The molecule has 1 aromatic carbocycles. The molecule has 0 unspecified atom stereocenters. The Morgan fingerprint density at radius 2 is 1.87 bits per heavy atom. The minimum absolute atomic E-state index is 0.267. The predicted molar refractivity (Wildman–Crippen MR) is 64.6 cm³/mol. The van der Waals surface area contributed by atoms with E-state index in [0.717, 1.165) is 11.3 Å². The second kappa shape index (κ2) is 7.64. The van der Waals surface area contributed by atoms with Gasteiger partial charge in [0, 0.05) is 5.69 Å². The number of anilines is 1. The Morgan fingerprint density at radius 3 is 2.40 bits per heavy atom. The summed E-state index contributed by atoms with van der Waals surface area (Å²) < 4.78 is 0. The van der Waals surface area contributed by atoms with E-state index in [4.69, 9.17) is 0 Å². The van der Waals surface area contributed by atoms with E-state index in [9.17, 15) is 4.79 Å². The molecule has 0 atom stereocenters. The number of nitrogens with one attached hydrogen (secondary N) is 1. The van der Waals surface area contributed by atoms with Crippen LogP contribution in [0.4, 0.5) is 5.69 Å². The fraction of sp³-hybridized carbons (Fsp3) is 0.308. The van der Waals surface area contributed by atoms with Crippen molar-refractivity contribution >= 4 is 11.6 Å². The fourth-order valence-corrected chi connectivity index (χ4v) is 0.980. The molecule has 0 fully saturated rings. The van der Waals surface area contributed by atoms with E-state index < -0.39 is 0 Å². The molecule has 1 amide bonds. The molecule has 0 saturated heterocycles. The lowest BCUT2D eigenvalue weighted by atomic mass is 10.2. The van der Waals surface area contributed by atoms with Crippen LogP contribution in [0.3, 0.4) is 0 Å². The molecule has 0 heterocycles. The quantitative estimate of drug-likeness (QED) is 0.698. The summed E-state index contributed by atoms with van der Waals surface area (Å²) in [6.07, 6.45) is 0. The highest BCUT2D eigenvalue weighted by Gasteiger charge is 1.99. The standard InChI is InChI=1S/C11H11NO.C2H6/c1-3-6-11(13)12-10-8-5-4-7-9(10)2;1-2/h4-5,7-8H,1-2H3,(H,12,13);1-2H3. The van der Waals surface area contributed by atoms with Gasteiger partial charge in [-0.3, -0.25) is 4.79 Å². The molecule has 0 aliphatic heterocycles. The van der Waals surface area contributed by atoms with Crippen molar-refractivity contribution in [3.8, 4) is 11.8 Å².